The fourth-order valence-corrected chi connectivity index (χ4v) is 1.90. The van der Waals surface area contributed by atoms with Crippen LogP contribution in [0, 0.1) is 17.0 Å². The molecule has 2 rings (SSSR count). The van der Waals surface area contributed by atoms with Gasteiger partial charge in [-0.05, 0) is 36.8 Å². The maximum atomic E-state index is 12.2. The molecule has 0 saturated carbocycles. The maximum absolute atomic E-state index is 12.2. The van der Waals surface area contributed by atoms with Crippen LogP contribution in [-0.4, -0.2) is 17.9 Å². The minimum Gasteiger partial charge on any atom is -0.497 e. The Balaban J connectivity index is 2.35. The monoisotopic (exact) mass is 286 g/mol. The van der Waals surface area contributed by atoms with Gasteiger partial charge in [-0.2, -0.15) is 0 Å². The van der Waals surface area contributed by atoms with Gasteiger partial charge in [0.05, 0.1) is 12.0 Å². The van der Waals surface area contributed by atoms with Crippen LogP contribution in [-0.2, 0) is 0 Å². The number of amides is 1. The first-order valence-electron chi connectivity index (χ1n) is 6.21. The molecule has 0 heterocycles. The molecule has 0 aliphatic heterocycles. The summed E-state index contributed by atoms with van der Waals surface area (Å²) in [6, 6.07) is 11.2. The fraction of sp³-hybridized carbons (Fsp3) is 0.133. The van der Waals surface area contributed by atoms with Gasteiger partial charge in [0.25, 0.3) is 11.6 Å². The molecule has 0 aromatic heterocycles. The Kier molecular flexibility index (Phi) is 4.18. The van der Waals surface area contributed by atoms with E-state index in [1.54, 1.807) is 18.2 Å². The molecule has 21 heavy (non-hydrogen) atoms. The quantitative estimate of drug-likeness (QED) is 0.691. The van der Waals surface area contributed by atoms with Gasteiger partial charge in [0.15, 0.2) is 0 Å². The summed E-state index contributed by atoms with van der Waals surface area (Å²) in [6.45, 7) is 1.89. The molecule has 0 spiro atoms. The molecule has 0 aliphatic rings. The number of ether oxygens (including phenoxy) is 1. The number of nitrogens with zero attached hydrogens (tertiary/aromatic N) is 1. The minimum atomic E-state index is -0.593. The number of hydrogen-bond acceptors (Lipinski definition) is 4. The second-order valence-electron chi connectivity index (χ2n) is 4.46. The van der Waals surface area contributed by atoms with Crippen LogP contribution in [0.4, 0.5) is 11.4 Å². The lowest BCUT2D eigenvalue weighted by atomic mass is 10.1. The van der Waals surface area contributed by atoms with Crippen LogP contribution < -0.4 is 10.1 Å². The van der Waals surface area contributed by atoms with E-state index in [1.807, 2.05) is 13.0 Å². The summed E-state index contributed by atoms with van der Waals surface area (Å²) in [5.74, 6) is -0.166. The number of carbonyl (C=O) groups excluding carboxylic acids is 1. The fourth-order valence-electron chi connectivity index (χ4n) is 1.90. The van der Waals surface area contributed by atoms with Crippen molar-refractivity contribution in [2.24, 2.45) is 0 Å². The molecule has 0 fully saturated rings. The third-order valence-corrected chi connectivity index (χ3v) is 2.92. The van der Waals surface area contributed by atoms with Crippen LogP contribution in [0.25, 0.3) is 0 Å². The van der Waals surface area contributed by atoms with Gasteiger partial charge in [-0.25, -0.2) is 0 Å². The zero-order valence-corrected chi connectivity index (χ0v) is 11.6. The summed E-state index contributed by atoms with van der Waals surface area (Å²) < 4.78 is 5.01. The van der Waals surface area contributed by atoms with E-state index in [-0.39, 0.29) is 11.3 Å². The third kappa shape index (κ3) is 3.36. The predicted molar refractivity (Wildman–Crippen MR) is 78.8 cm³/mol. The maximum Gasteiger partial charge on any atom is 0.282 e. The summed E-state index contributed by atoms with van der Waals surface area (Å²) in [4.78, 5) is 22.7. The minimum absolute atomic E-state index is 0.0409. The molecule has 0 unspecified atom stereocenters. The van der Waals surface area contributed by atoms with Gasteiger partial charge in [0.1, 0.15) is 11.3 Å². The van der Waals surface area contributed by atoms with E-state index < -0.39 is 10.8 Å². The lowest BCUT2D eigenvalue weighted by Crippen LogP contribution is -2.14. The first kappa shape index (κ1) is 14.5. The predicted octanol–water partition coefficient (Wildman–Crippen LogP) is 3.16. The summed E-state index contributed by atoms with van der Waals surface area (Å²) in [7, 11) is 1.43. The number of nitro benzene ring substituents is 1. The molecule has 108 valence electrons. The van der Waals surface area contributed by atoms with Gasteiger partial charge >= 0.3 is 0 Å². The molecule has 2 aromatic rings. The average molecular weight is 286 g/mol. The smallest absolute Gasteiger partial charge is 0.282 e. The number of anilines is 1. The van der Waals surface area contributed by atoms with Crippen molar-refractivity contribution in [2.45, 2.75) is 6.92 Å². The number of aryl methyl sites for hydroxylation is 1. The molecule has 0 atom stereocenters. The number of nitrogens with one attached hydrogen (secondary N) is 1. The molecular weight excluding hydrogens is 272 g/mol. The van der Waals surface area contributed by atoms with Crippen LogP contribution in [0.1, 0.15) is 15.9 Å². The molecule has 6 heteroatoms. The van der Waals surface area contributed by atoms with Crippen LogP contribution in [0.5, 0.6) is 5.75 Å². The van der Waals surface area contributed by atoms with Crippen LogP contribution in [0.15, 0.2) is 42.5 Å². The molecule has 6 nitrogen and oxygen atoms in total. The third-order valence-electron chi connectivity index (χ3n) is 2.92. The van der Waals surface area contributed by atoms with Gasteiger partial charge in [-0.15, -0.1) is 0 Å². The first-order valence-corrected chi connectivity index (χ1v) is 6.21. The zero-order valence-electron chi connectivity index (χ0n) is 11.6. The van der Waals surface area contributed by atoms with E-state index >= 15 is 0 Å². The second kappa shape index (κ2) is 6.04. The topological polar surface area (TPSA) is 81.5 Å². The highest BCUT2D eigenvalue weighted by Crippen LogP contribution is 2.25. The number of carbonyl (C=O) groups is 1. The average Bonchev–Trinajstić information content (AvgIpc) is 2.46. The van der Waals surface area contributed by atoms with Gasteiger partial charge in [0.2, 0.25) is 0 Å². The van der Waals surface area contributed by atoms with E-state index in [9.17, 15) is 14.9 Å². The molecule has 0 bridgehead atoms. The van der Waals surface area contributed by atoms with E-state index in [1.165, 1.54) is 25.3 Å². The number of methoxy groups -OCH3 is 1. The van der Waals surface area contributed by atoms with Crippen molar-refractivity contribution in [3.63, 3.8) is 0 Å². The van der Waals surface area contributed by atoms with Crippen molar-refractivity contribution in [2.75, 3.05) is 12.4 Å². The van der Waals surface area contributed by atoms with Crippen molar-refractivity contribution in [3.8, 4) is 5.75 Å². The van der Waals surface area contributed by atoms with Gasteiger partial charge in [0, 0.05) is 11.8 Å². The highest BCUT2D eigenvalue weighted by atomic mass is 16.6. The number of benzene rings is 2. The van der Waals surface area contributed by atoms with Crippen molar-refractivity contribution < 1.29 is 14.5 Å². The molecule has 1 N–H and O–H groups in total. The number of nitro groups is 1. The summed E-state index contributed by atoms with van der Waals surface area (Å²) in [6.07, 6.45) is 0. The standard InChI is InChI=1S/C15H14N2O4/c1-10-4-3-5-11(8-10)16-15(18)13-9-12(21-2)6-7-14(13)17(19)20/h3-9H,1-2H3,(H,16,18). The van der Waals surface area contributed by atoms with Gasteiger partial charge in [-0.3, -0.25) is 14.9 Å². The Morgan fingerprint density at radius 3 is 2.62 bits per heavy atom. The summed E-state index contributed by atoms with van der Waals surface area (Å²) in [5.41, 5.74) is 1.26. The van der Waals surface area contributed by atoms with E-state index in [0.717, 1.165) is 5.56 Å². The molecule has 1 amide bonds. The molecular formula is C15H14N2O4. The zero-order chi connectivity index (χ0) is 15.4. The largest absolute Gasteiger partial charge is 0.497 e. The molecule has 0 saturated heterocycles. The van der Waals surface area contributed by atoms with Crippen molar-refractivity contribution >= 4 is 17.3 Å². The Morgan fingerprint density at radius 2 is 2.00 bits per heavy atom. The number of rotatable bonds is 4. The first-order chi connectivity index (χ1) is 10.0. The summed E-state index contributed by atoms with van der Waals surface area (Å²) in [5, 5.41) is 13.7. The van der Waals surface area contributed by atoms with E-state index in [4.69, 9.17) is 4.74 Å². The van der Waals surface area contributed by atoms with E-state index in [2.05, 4.69) is 5.32 Å². The molecule has 0 radical (unpaired) electrons. The lowest BCUT2D eigenvalue weighted by Gasteiger charge is -2.08. The SMILES string of the molecule is COc1ccc([N+](=O)[O-])c(C(=O)Nc2cccc(C)c2)c1. The van der Waals surface area contributed by atoms with Crippen molar-refractivity contribution in [1.29, 1.82) is 0 Å². The Hall–Kier alpha value is -2.89. The molecule has 2 aromatic carbocycles. The van der Waals surface area contributed by atoms with E-state index in [0.29, 0.717) is 11.4 Å². The normalized spacial score (nSPS) is 10.0. The van der Waals surface area contributed by atoms with Crippen molar-refractivity contribution in [1.82, 2.24) is 0 Å². The Bertz CT molecular complexity index is 698. The highest BCUT2D eigenvalue weighted by molar-refractivity contribution is 6.07. The van der Waals surface area contributed by atoms with Crippen LogP contribution >= 0.6 is 0 Å². The van der Waals surface area contributed by atoms with Crippen molar-refractivity contribution in [3.05, 3.63) is 63.7 Å². The molecule has 0 aliphatic carbocycles. The Labute approximate surface area is 121 Å². The van der Waals surface area contributed by atoms with Gasteiger partial charge < -0.3 is 10.1 Å². The Morgan fingerprint density at radius 1 is 1.24 bits per heavy atom. The van der Waals surface area contributed by atoms with Crippen LogP contribution in [0.2, 0.25) is 0 Å². The lowest BCUT2D eigenvalue weighted by molar-refractivity contribution is -0.385. The van der Waals surface area contributed by atoms with Crippen LogP contribution in [0.3, 0.4) is 0 Å². The second-order valence-corrected chi connectivity index (χ2v) is 4.46. The number of hydrogen-bond donors (Lipinski definition) is 1. The van der Waals surface area contributed by atoms with Gasteiger partial charge in [-0.1, -0.05) is 12.1 Å². The highest BCUT2D eigenvalue weighted by Gasteiger charge is 2.21. The summed E-state index contributed by atoms with van der Waals surface area (Å²) >= 11 is 0.